The van der Waals surface area contributed by atoms with Gasteiger partial charge in [-0.25, -0.2) is 0 Å². The quantitative estimate of drug-likeness (QED) is 0.225. The van der Waals surface area contributed by atoms with Crippen molar-refractivity contribution < 1.29 is 0 Å². The van der Waals surface area contributed by atoms with E-state index in [1.807, 2.05) is 0 Å². The molecule has 0 radical (unpaired) electrons. The van der Waals surface area contributed by atoms with Gasteiger partial charge in [0.05, 0.1) is 0 Å². The molecule has 0 fully saturated rings. The highest BCUT2D eigenvalue weighted by molar-refractivity contribution is 6.22. The van der Waals surface area contributed by atoms with Crippen molar-refractivity contribution >= 4 is 32.3 Å². The zero-order valence-corrected chi connectivity index (χ0v) is 20.8. The maximum absolute atomic E-state index is 2.36. The molecule has 0 saturated carbocycles. The van der Waals surface area contributed by atoms with Gasteiger partial charge in [-0.3, -0.25) is 0 Å². The molecule has 0 saturated heterocycles. The van der Waals surface area contributed by atoms with Crippen molar-refractivity contribution in [2.75, 3.05) is 0 Å². The van der Waals surface area contributed by atoms with Crippen LogP contribution in [0.2, 0.25) is 0 Å². The summed E-state index contributed by atoms with van der Waals surface area (Å²) in [6.07, 6.45) is 0. The largest absolute Gasteiger partial charge is 0.0622 e. The van der Waals surface area contributed by atoms with Crippen molar-refractivity contribution in [1.29, 1.82) is 0 Å². The second kappa shape index (κ2) is 8.76. The molecule has 0 heterocycles. The first kappa shape index (κ1) is 21.6. The Balaban J connectivity index is 1.63. The fraction of sp³-hybridized carbons (Fsp3) is 0.0270. The summed E-state index contributed by atoms with van der Waals surface area (Å²) < 4.78 is 0. The van der Waals surface area contributed by atoms with Crippen molar-refractivity contribution in [3.63, 3.8) is 0 Å². The van der Waals surface area contributed by atoms with Gasteiger partial charge in [0, 0.05) is 0 Å². The van der Waals surface area contributed by atoms with Crippen molar-refractivity contribution in [2.45, 2.75) is 6.92 Å². The first-order valence-corrected chi connectivity index (χ1v) is 12.9. The highest BCUT2D eigenvalue weighted by Crippen LogP contribution is 2.46. The third-order valence-corrected chi connectivity index (χ3v) is 7.50. The van der Waals surface area contributed by atoms with Crippen LogP contribution in [0.1, 0.15) is 5.56 Å². The lowest BCUT2D eigenvalue weighted by Gasteiger charge is -2.20. The Morgan fingerprint density at radius 3 is 1.78 bits per heavy atom. The Labute approximate surface area is 217 Å². The molecular weight excluding hydrogens is 444 g/mol. The second-order valence-corrected chi connectivity index (χ2v) is 9.82. The van der Waals surface area contributed by atoms with Crippen molar-refractivity contribution in [3.05, 3.63) is 145 Å². The highest BCUT2D eigenvalue weighted by atomic mass is 14.2. The van der Waals surface area contributed by atoms with Gasteiger partial charge in [-0.15, -0.1) is 0 Å². The van der Waals surface area contributed by atoms with Crippen LogP contribution in [0.25, 0.3) is 65.7 Å². The Hall–Kier alpha value is -4.68. The second-order valence-electron chi connectivity index (χ2n) is 9.82. The summed E-state index contributed by atoms with van der Waals surface area (Å²) >= 11 is 0. The van der Waals surface area contributed by atoms with E-state index in [1.165, 1.54) is 71.3 Å². The number of hydrogen-bond acceptors (Lipinski definition) is 0. The van der Waals surface area contributed by atoms with E-state index < -0.39 is 0 Å². The molecule has 0 aliphatic rings. The Bertz CT molecular complexity index is 1930. The molecule has 0 N–H and O–H groups in total. The number of rotatable bonds is 3. The standard InChI is InChI=1S/C37H26/c1-25-19-22-34-35(23-25)37(31-16-8-7-15-30(31)27-12-3-2-4-13-27)33-18-10-9-17-32(33)36(34)29-21-20-26-11-5-6-14-28(26)24-29/h2-24H,1H3. The first-order chi connectivity index (χ1) is 18.3. The molecule has 0 spiro atoms. The predicted octanol–water partition coefficient (Wildman–Crippen LogP) is 10.5. The van der Waals surface area contributed by atoms with Crippen LogP contribution in [0.3, 0.4) is 0 Å². The fourth-order valence-electron chi connectivity index (χ4n) is 5.81. The summed E-state index contributed by atoms with van der Waals surface area (Å²) in [6, 6.07) is 50.9. The van der Waals surface area contributed by atoms with E-state index in [0.717, 1.165) is 0 Å². The summed E-state index contributed by atoms with van der Waals surface area (Å²) in [4.78, 5) is 0. The molecule has 7 aromatic rings. The van der Waals surface area contributed by atoms with Gasteiger partial charge in [-0.2, -0.15) is 0 Å². The number of hydrogen-bond donors (Lipinski definition) is 0. The lowest BCUT2D eigenvalue weighted by atomic mass is 9.83. The van der Waals surface area contributed by atoms with E-state index in [4.69, 9.17) is 0 Å². The summed E-state index contributed by atoms with van der Waals surface area (Å²) in [5.74, 6) is 0. The molecule has 0 aliphatic carbocycles. The molecule has 0 nitrogen and oxygen atoms in total. The normalized spacial score (nSPS) is 11.4. The molecule has 37 heavy (non-hydrogen) atoms. The van der Waals surface area contributed by atoms with E-state index in [-0.39, 0.29) is 0 Å². The van der Waals surface area contributed by atoms with Gasteiger partial charge < -0.3 is 0 Å². The Kier molecular flexibility index (Phi) is 5.11. The average Bonchev–Trinajstić information content (AvgIpc) is 2.96. The van der Waals surface area contributed by atoms with Gasteiger partial charge >= 0.3 is 0 Å². The minimum absolute atomic E-state index is 1.24. The fourth-order valence-corrected chi connectivity index (χ4v) is 5.81. The highest BCUT2D eigenvalue weighted by Gasteiger charge is 2.19. The lowest BCUT2D eigenvalue weighted by Crippen LogP contribution is -1.93. The van der Waals surface area contributed by atoms with Crippen LogP contribution in [0.4, 0.5) is 0 Å². The van der Waals surface area contributed by atoms with Gasteiger partial charge in [0.1, 0.15) is 0 Å². The molecule has 7 aromatic carbocycles. The van der Waals surface area contributed by atoms with Crippen molar-refractivity contribution in [2.24, 2.45) is 0 Å². The Morgan fingerprint density at radius 2 is 0.973 bits per heavy atom. The molecule has 174 valence electrons. The Morgan fingerprint density at radius 1 is 0.351 bits per heavy atom. The van der Waals surface area contributed by atoms with Gasteiger partial charge in [0.2, 0.25) is 0 Å². The molecule has 0 aliphatic heterocycles. The minimum Gasteiger partial charge on any atom is -0.0622 e. The monoisotopic (exact) mass is 470 g/mol. The zero-order chi connectivity index (χ0) is 24.8. The molecule has 0 amide bonds. The molecular formula is C37H26. The topological polar surface area (TPSA) is 0 Å². The van der Waals surface area contributed by atoms with Crippen LogP contribution in [0.5, 0.6) is 0 Å². The SMILES string of the molecule is Cc1ccc2c(-c3ccc4ccccc4c3)c3ccccc3c(-c3ccccc3-c3ccccc3)c2c1. The van der Waals surface area contributed by atoms with E-state index in [0.29, 0.717) is 0 Å². The molecule has 0 heteroatoms. The minimum atomic E-state index is 1.24. The van der Waals surface area contributed by atoms with E-state index >= 15 is 0 Å². The van der Waals surface area contributed by atoms with Crippen molar-refractivity contribution in [3.8, 4) is 33.4 Å². The summed E-state index contributed by atoms with van der Waals surface area (Å²) in [5.41, 5.74) is 8.90. The molecule has 0 aromatic heterocycles. The molecule has 0 atom stereocenters. The third-order valence-electron chi connectivity index (χ3n) is 7.50. The van der Waals surface area contributed by atoms with Crippen molar-refractivity contribution in [1.82, 2.24) is 0 Å². The summed E-state index contributed by atoms with van der Waals surface area (Å²) in [5, 5.41) is 7.69. The first-order valence-electron chi connectivity index (χ1n) is 12.9. The third kappa shape index (κ3) is 3.61. The smallest absolute Gasteiger partial charge is 0.00200 e. The maximum atomic E-state index is 2.36. The van der Waals surface area contributed by atoms with Gasteiger partial charge in [-0.1, -0.05) is 139 Å². The molecule has 7 rings (SSSR count). The molecule has 0 bridgehead atoms. The number of benzene rings is 7. The van der Waals surface area contributed by atoms with Crippen LogP contribution in [0.15, 0.2) is 140 Å². The predicted molar refractivity (Wildman–Crippen MR) is 160 cm³/mol. The van der Waals surface area contributed by atoms with Crippen LogP contribution in [-0.4, -0.2) is 0 Å². The number of fused-ring (bicyclic) bond motifs is 3. The van der Waals surface area contributed by atoms with E-state index in [2.05, 4.69) is 146 Å². The van der Waals surface area contributed by atoms with Crippen LogP contribution in [-0.2, 0) is 0 Å². The van der Waals surface area contributed by atoms with Crippen LogP contribution in [0, 0.1) is 6.92 Å². The van der Waals surface area contributed by atoms with Gasteiger partial charge in [-0.05, 0) is 78.7 Å². The average molecular weight is 471 g/mol. The van der Waals surface area contributed by atoms with Gasteiger partial charge in [0.25, 0.3) is 0 Å². The zero-order valence-electron chi connectivity index (χ0n) is 20.8. The maximum Gasteiger partial charge on any atom is -0.00200 e. The molecule has 0 unspecified atom stereocenters. The van der Waals surface area contributed by atoms with Gasteiger partial charge in [0.15, 0.2) is 0 Å². The summed E-state index contributed by atoms with van der Waals surface area (Å²) in [7, 11) is 0. The van der Waals surface area contributed by atoms with Crippen LogP contribution < -0.4 is 0 Å². The van der Waals surface area contributed by atoms with E-state index in [9.17, 15) is 0 Å². The van der Waals surface area contributed by atoms with E-state index in [1.54, 1.807) is 0 Å². The lowest BCUT2D eigenvalue weighted by molar-refractivity contribution is 1.51. The summed E-state index contributed by atoms with van der Waals surface area (Å²) in [6.45, 7) is 2.19. The number of aryl methyl sites for hydroxylation is 1. The van der Waals surface area contributed by atoms with Crippen LogP contribution >= 0.6 is 0 Å².